The molecule has 0 aliphatic carbocycles. The van der Waals surface area contributed by atoms with Crippen LogP contribution in [0.25, 0.3) is 0 Å². The Kier molecular flexibility index (Phi) is 8.19. The molecule has 0 heterocycles. The summed E-state index contributed by atoms with van der Waals surface area (Å²) in [4.78, 5) is 25.7. The van der Waals surface area contributed by atoms with Gasteiger partial charge in [-0.15, -0.1) is 0 Å². The van der Waals surface area contributed by atoms with Gasteiger partial charge in [0, 0.05) is 0 Å². The van der Waals surface area contributed by atoms with Crippen LogP contribution in [-0.4, -0.2) is 33.0 Å². The molecule has 3 aromatic carbocycles. The number of carbonyl (C=O) groups excluding carboxylic acids is 2. The van der Waals surface area contributed by atoms with E-state index in [0.29, 0.717) is 0 Å². The fourth-order valence-corrected chi connectivity index (χ4v) is 4.58. The van der Waals surface area contributed by atoms with Gasteiger partial charge in [-0.1, -0.05) is 71.7 Å². The molecule has 10 heteroatoms. The van der Waals surface area contributed by atoms with Gasteiger partial charge in [-0.25, -0.2) is 8.42 Å². The molecule has 3 rings (SSSR count). The first-order valence-corrected chi connectivity index (χ1v) is 12.8. The molecule has 0 radical (unpaired) electrons. The third-order valence-electron chi connectivity index (χ3n) is 4.98. The highest BCUT2D eigenvalue weighted by molar-refractivity contribution is 7.92. The summed E-state index contributed by atoms with van der Waals surface area (Å²) in [7, 11) is -3.87. The second kappa shape index (κ2) is 10.9. The largest absolute Gasteiger partial charge is 0.345 e. The molecule has 0 aromatic heterocycles. The lowest BCUT2D eigenvalue weighted by Gasteiger charge is -2.23. The first kappa shape index (κ1) is 25.6. The highest BCUT2D eigenvalue weighted by Gasteiger charge is 2.25. The van der Waals surface area contributed by atoms with Crippen LogP contribution in [0.15, 0.2) is 72.8 Å². The number of carbonyl (C=O) groups is 2. The molecular weight excluding hydrogens is 497 g/mol. The first-order chi connectivity index (χ1) is 16.1. The predicted molar refractivity (Wildman–Crippen MR) is 136 cm³/mol. The van der Waals surface area contributed by atoms with Gasteiger partial charge in [0.2, 0.25) is 15.9 Å². The molecule has 0 aliphatic heterocycles. The first-order valence-electron chi connectivity index (χ1n) is 10.2. The zero-order valence-corrected chi connectivity index (χ0v) is 20.8. The number of halogens is 2. The van der Waals surface area contributed by atoms with E-state index in [-0.39, 0.29) is 38.9 Å². The number of rotatable bonds is 8. The summed E-state index contributed by atoms with van der Waals surface area (Å²) in [5, 5.41) is 5.70. The van der Waals surface area contributed by atoms with Crippen LogP contribution in [0.4, 0.5) is 11.4 Å². The normalized spacial score (nSPS) is 12.0. The van der Waals surface area contributed by atoms with Gasteiger partial charge in [0.25, 0.3) is 5.91 Å². The number of sulfonamides is 1. The second-order valence-corrected chi connectivity index (χ2v) is 10.2. The van der Waals surface area contributed by atoms with Crippen molar-refractivity contribution in [1.82, 2.24) is 5.32 Å². The van der Waals surface area contributed by atoms with E-state index in [1.54, 1.807) is 24.3 Å². The van der Waals surface area contributed by atoms with Gasteiger partial charge in [-0.3, -0.25) is 13.9 Å². The van der Waals surface area contributed by atoms with Crippen molar-refractivity contribution < 1.29 is 18.0 Å². The molecule has 178 valence electrons. The minimum Gasteiger partial charge on any atom is -0.345 e. The standard InChI is InChI=1S/C24H23Cl2N3O4S/c1-16(17-9-4-3-5-10-17)27-24(31)18-11-6-7-13-20(18)28-22(30)15-29(34(2,32)33)21-14-8-12-19(25)23(21)26/h3-14,16H,15H2,1-2H3,(H,27,31)(H,28,30)/t16-/m1/s1. The van der Waals surface area contributed by atoms with Gasteiger partial charge in [0.05, 0.1) is 39.3 Å². The number of hydrogen-bond acceptors (Lipinski definition) is 4. The molecular formula is C24H23Cl2N3O4S. The average Bonchev–Trinajstić information content (AvgIpc) is 2.79. The van der Waals surface area contributed by atoms with Crippen LogP contribution in [0, 0.1) is 0 Å². The van der Waals surface area contributed by atoms with Crippen molar-refractivity contribution in [2.45, 2.75) is 13.0 Å². The zero-order chi connectivity index (χ0) is 24.9. The summed E-state index contributed by atoms with van der Waals surface area (Å²) in [6, 6.07) is 20.2. The van der Waals surface area contributed by atoms with Crippen LogP contribution in [-0.2, 0) is 14.8 Å². The van der Waals surface area contributed by atoms with Gasteiger partial charge in [0.15, 0.2) is 0 Å². The second-order valence-electron chi connectivity index (χ2n) is 7.54. The van der Waals surface area contributed by atoms with Crippen LogP contribution in [0.5, 0.6) is 0 Å². The molecule has 3 aromatic rings. The molecule has 0 aliphatic rings. The lowest BCUT2D eigenvalue weighted by Crippen LogP contribution is -2.38. The van der Waals surface area contributed by atoms with Crippen molar-refractivity contribution in [2.75, 3.05) is 22.4 Å². The average molecular weight is 520 g/mol. The maximum Gasteiger partial charge on any atom is 0.253 e. The molecule has 0 spiro atoms. The van der Waals surface area contributed by atoms with Crippen molar-refractivity contribution in [3.8, 4) is 0 Å². The third-order valence-corrected chi connectivity index (χ3v) is 6.92. The third kappa shape index (κ3) is 6.28. The Morgan fingerprint density at radius 2 is 1.59 bits per heavy atom. The van der Waals surface area contributed by atoms with Gasteiger partial charge >= 0.3 is 0 Å². The molecule has 34 heavy (non-hydrogen) atoms. The predicted octanol–water partition coefficient (Wildman–Crippen LogP) is 4.89. The van der Waals surface area contributed by atoms with E-state index in [1.807, 2.05) is 37.3 Å². The van der Waals surface area contributed by atoms with Crippen LogP contribution < -0.4 is 14.9 Å². The molecule has 1 atom stereocenters. The molecule has 7 nitrogen and oxygen atoms in total. The van der Waals surface area contributed by atoms with Gasteiger partial charge in [-0.05, 0) is 36.8 Å². The number of para-hydroxylation sites is 1. The maximum atomic E-state index is 12.9. The Morgan fingerprint density at radius 3 is 2.26 bits per heavy atom. The van der Waals surface area contributed by atoms with Crippen molar-refractivity contribution >= 4 is 56.4 Å². The van der Waals surface area contributed by atoms with E-state index in [2.05, 4.69) is 10.6 Å². The summed E-state index contributed by atoms with van der Waals surface area (Å²) in [6.07, 6.45) is 0.962. The fourth-order valence-electron chi connectivity index (χ4n) is 3.28. The number of hydrogen-bond donors (Lipinski definition) is 2. The van der Waals surface area contributed by atoms with Crippen molar-refractivity contribution in [3.63, 3.8) is 0 Å². The highest BCUT2D eigenvalue weighted by Crippen LogP contribution is 2.33. The molecule has 0 saturated heterocycles. The Morgan fingerprint density at radius 1 is 0.941 bits per heavy atom. The quantitative estimate of drug-likeness (QED) is 0.442. The Labute approximate surface area is 208 Å². The van der Waals surface area contributed by atoms with E-state index in [1.165, 1.54) is 18.2 Å². The highest BCUT2D eigenvalue weighted by atomic mass is 35.5. The Balaban J connectivity index is 1.79. The Bertz CT molecular complexity index is 1300. The number of anilines is 2. The van der Waals surface area contributed by atoms with E-state index in [9.17, 15) is 18.0 Å². The number of nitrogens with one attached hydrogen (secondary N) is 2. The lowest BCUT2D eigenvalue weighted by atomic mass is 10.1. The van der Waals surface area contributed by atoms with E-state index in [0.717, 1.165) is 16.1 Å². The zero-order valence-electron chi connectivity index (χ0n) is 18.5. The monoisotopic (exact) mass is 519 g/mol. The summed E-state index contributed by atoms with van der Waals surface area (Å²) in [5.41, 5.74) is 1.50. The van der Waals surface area contributed by atoms with Crippen molar-refractivity contribution in [2.24, 2.45) is 0 Å². The molecule has 0 bridgehead atoms. The minimum absolute atomic E-state index is 0.0112. The van der Waals surface area contributed by atoms with Crippen LogP contribution in [0.2, 0.25) is 10.0 Å². The fraction of sp³-hybridized carbons (Fsp3) is 0.167. The number of nitrogens with zero attached hydrogens (tertiary/aromatic N) is 1. The van der Waals surface area contributed by atoms with E-state index >= 15 is 0 Å². The maximum absolute atomic E-state index is 12.9. The molecule has 2 amide bonds. The molecule has 0 saturated carbocycles. The summed E-state index contributed by atoms with van der Waals surface area (Å²) >= 11 is 12.2. The summed E-state index contributed by atoms with van der Waals surface area (Å²) < 4.78 is 25.6. The lowest BCUT2D eigenvalue weighted by molar-refractivity contribution is -0.114. The van der Waals surface area contributed by atoms with Crippen LogP contribution in [0.1, 0.15) is 28.9 Å². The molecule has 0 unspecified atom stereocenters. The van der Waals surface area contributed by atoms with Crippen LogP contribution >= 0.6 is 23.2 Å². The number of amides is 2. The number of benzene rings is 3. The van der Waals surface area contributed by atoms with E-state index in [4.69, 9.17) is 23.2 Å². The summed E-state index contributed by atoms with van der Waals surface area (Å²) in [5.74, 6) is -1.04. The van der Waals surface area contributed by atoms with Crippen molar-refractivity contribution in [3.05, 3.63) is 94.0 Å². The smallest absolute Gasteiger partial charge is 0.253 e. The summed E-state index contributed by atoms with van der Waals surface area (Å²) in [6.45, 7) is 1.29. The molecule has 0 fully saturated rings. The van der Waals surface area contributed by atoms with Crippen LogP contribution in [0.3, 0.4) is 0 Å². The van der Waals surface area contributed by atoms with Gasteiger partial charge in [-0.2, -0.15) is 0 Å². The molecule has 2 N–H and O–H groups in total. The topological polar surface area (TPSA) is 95.6 Å². The Hall–Kier alpha value is -3.07. The SMILES string of the molecule is C[C@@H](NC(=O)c1ccccc1NC(=O)CN(c1cccc(Cl)c1Cl)S(C)(=O)=O)c1ccccc1. The van der Waals surface area contributed by atoms with Crippen molar-refractivity contribution in [1.29, 1.82) is 0 Å². The van der Waals surface area contributed by atoms with Gasteiger partial charge < -0.3 is 10.6 Å². The van der Waals surface area contributed by atoms with Gasteiger partial charge in [0.1, 0.15) is 6.54 Å². The van der Waals surface area contributed by atoms with E-state index < -0.39 is 22.5 Å². The minimum atomic E-state index is -3.87.